The molecule has 1 saturated carbocycles. The summed E-state index contributed by atoms with van der Waals surface area (Å²) in [6.07, 6.45) is -1.46. The predicted octanol–water partition coefficient (Wildman–Crippen LogP) is 1.61. The summed E-state index contributed by atoms with van der Waals surface area (Å²) in [6.45, 7) is 1.10. The Morgan fingerprint density at radius 1 is 1.32 bits per heavy atom. The Balaban J connectivity index is 1.90. The molecule has 8 nitrogen and oxygen atoms in total. The van der Waals surface area contributed by atoms with Crippen molar-refractivity contribution < 1.29 is 21.6 Å². The van der Waals surface area contributed by atoms with E-state index in [1.54, 1.807) is 0 Å². The molecule has 4 rings (SSSR count). The van der Waals surface area contributed by atoms with E-state index >= 15 is 0 Å². The number of benzene rings is 1. The molecule has 12 heteroatoms. The van der Waals surface area contributed by atoms with Gasteiger partial charge in [-0.3, -0.25) is 0 Å². The maximum atomic E-state index is 13.6. The van der Waals surface area contributed by atoms with Gasteiger partial charge < -0.3 is 10.6 Å². The van der Waals surface area contributed by atoms with Crippen LogP contribution in [0.15, 0.2) is 17.0 Å². The van der Waals surface area contributed by atoms with Gasteiger partial charge in [0.05, 0.1) is 16.0 Å². The first-order valence-electron chi connectivity index (χ1n) is 8.73. The Kier molecular flexibility index (Phi) is 4.20. The molecule has 1 atom stereocenters. The quantitative estimate of drug-likeness (QED) is 0.777. The van der Waals surface area contributed by atoms with Crippen molar-refractivity contribution >= 4 is 15.5 Å². The molecule has 1 aromatic heterocycles. The Morgan fingerprint density at radius 3 is 2.57 bits per heavy atom. The van der Waals surface area contributed by atoms with E-state index in [0.29, 0.717) is 18.8 Å². The number of hydrogen-bond acceptors (Lipinski definition) is 7. The molecule has 1 saturated heterocycles. The van der Waals surface area contributed by atoms with Crippen LogP contribution in [0.5, 0.6) is 0 Å². The number of hydrogen-bond donors (Lipinski definition) is 2. The molecule has 1 unspecified atom stereocenters. The summed E-state index contributed by atoms with van der Waals surface area (Å²) in [5.74, 6) is 0.0797. The first-order chi connectivity index (χ1) is 13.0. The van der Waals surface area contributed by atoms with Crippen LogP contribution in [0.2, 0.25) is 0 Å². The highest BCUT2D eigenvalue weighted by atomic mass is 32.2. The zero-order valence-electron chi connectivity index (χ0n) is 15.0. The topological polar surface area (TPSA) is 118 Å². The number of anilines is 1. The lowest BCUT2D eigenvalue weighted by molar-refractivity contribution is -0.139. The standard InChI is InChI=1S/C16H19F3N6O2S/c1-28(26,27)13-10(16(17,18)19)2-3-11(12(13)14-21-23-24-22-14)25-7-4-9(8-25)15(20)5-6-15/h2-3,9H,4-8,20H2,1H3,(H,21,22,23,24). The summed E-state index contributed by atoms with van der Waals surface area (Å²) in [4.78, 5) is 1.04. The Morgan fingerprint density at radius 2 is 2.04 bits per heavy atom. The zero-order chi connectivity index (χ0) is 20.3. The van der Waals surface area contributed by atoms with Crippen LogP contribution >= 0.6 is 0 Å². The lowest BCUT2D eigenvalue weighted by Crippen LogP contribution is -2.34. The average molecular weight is 416 g/mol. The van der Waals surface area contributed by atoms with Gasteiger partial charge in [-0.15, -0.1) is 5.10 Å². The molecule has 0 spiro atoms. The molecule has 3 N–H and O–H groups in total. The van der Waals surface area contributed by atoms with Crippen molar-refractivity contribution in [2.75, 3.05) is 24.2 Å². The predicted molar refractivity (Wildman–Crippen MR) is 94.2 cm³/mol. The third-order valence-electron chi connectivity index (χ3n) is 5.56. The number of halogens is 3. The molecule has 2 fully saturated rings. The maximum Gasteiger partial charge on any atom is 0.417 e. The fraction of sp³-hybridized carbons (Fsp3) is 0.562. The molecule has 1 aliphatic carbocycles. The molecule has 2 aliphatic rings. The fourth-order valence-corrected chi connectivity index (χ4v) is 5.09. The first kappa shape index (κ1) is 19.1. The van der Waals surface area contributed by atoms with Gasteiger partial charge in [0.15, 0.2) is 15.7 Å². The van der Waals surface area contributed by atoms with Gasteiger partial charge in [0, 0.05) is 30.6 Å². The molecule has 0 radical (unpaired) electrons. The Labute approximate surface area is 159 Å². The van der Waals surface area contributed by atoms with Gasteiger partial charge in [-0.05, 0) is 47.7 Å². The average Bonchev–Trinajstić information content (AvgIpc) is 3.07. The fourth-order valence-electron chi connectivity index (χ4n) is 3.94. The van der Waals surface area contributed by atoms with Crippen molar-refractivity contribution in [1.82, 2.24) is 20.6 Å². The highest BCUT2D eigenvalue weighted by Crippen LogP contribution is 2.47. The Hall–Kier alpha value is -2.21. The first-order valence-corrected chi connectivity index (χ1v) is 10.6. The van der Waals surface area contributed by atoms with E-state index in [1.165, 1.54) is 6.07 Å². The van der Waals surface area contributed by atoms with Crippen molar-refractivity contribution in [2.45, 2.75) is 35.9 Å². The highest BCUT2D eigenvalue weighted by molar-refractivity contribution is 7.91. The van der Waals surface area contributed by atoms with Gasteiger partial charge in [-0.1, -0.05) is 0 Å². The summed E-state index contributed by atoms with van der Waals surface area (Å²) in [7, 11) is -4.24. The third kappa shape index (κ3) is 3.24. The van der Waals surface area contributed by atoms with E-state index < -0.39 is 26.5 Å². The second-order valence-corrected chi connectivity index (χ2v) is 9.47. The minimum atomic E-state index is -4.85. The number of tetrazole rings is 1. The number of aromatic nitrogens is 4. The van der Waals surface area contributed by atoms with Gasteiger partial charge in [0.2, 0.25) is 0 Å². The van der Waals surface area contributed by atoms with E-state index in [4.69, 9.17) is 5.73 Å². The molecule has 0 bridgehead atoms. The molecule has 2 aromatic rings. The summed E-state index contributed by atoms with van der Waals surface area (Å²) in [5, 5.41) is 12.9. The van der Waals surface area contributed by atoms with E-state index in [2.05, 4.69) is 20.6 Å². The normalized spacial score (nSPS) is 21.9. The lowest BCUT2D eigenvalue weighted by Gasteiger charge is -2.25. The molecule has 152 valence electrons. The number of rotatable bonds is 4. The summed E-state index contributed by atoms with van der Waals surface area (Å²) in [6, 6.07) is 2.09. The minimum absolute atomic E-state index is 0.126. The van der Waals surface area contributed by atoms with Gasteiger partial charge in [-0.2, -0.15) is 13.2 Å². The van der Waals surface area contributed by atoms with Crippen LogP contribution < -0.4 is 10.6 Å². The summed E-state index contributed by atoms with van der Waals surface area (Å²) >= 11 is 0. The monoisotopic (exact) mass is 416 g/mol. The van der Waals surface area contributed by atoms with Gasteiger partial charge in [0.1, 0.15) is 0 Å². The van der Waals surface area contributed by atoms with Gasteiger partial charge in [0.25, 0.3) is 0 Å². The second kappa shape index (κ2) is 6.14. The number of nitrogens with one attached hydrogen (secondary N) is 1. The van der Waals surface area contributed by atoms with Crippen LogP contribution in [0, 0.1) is 5.92 Å². The number of sulfone groups is 1. The molecule has 28 heavy (non-hydrogen) atoms. The van der Waals surface area contributed by atoms with E-state index in [1.807, 2.05) is 4.90 Å². The summed E-state index contributed by atoms with van der Waals surface area (Å²) in [5.41, 5.74) is 5.01. The minimum Gasteiger partial charge on any atom is -0.371 e. The van der Waals surface area contributed by atoms with E-state index in [0.717, 1.165) is 31.6 Å². The molecule has 1 aromatic carbocycles. The SMILES string of the molecule is CS(=O)(=O)c1c(C(F)(F)F)ccc(N2CCC(C3(N)CC3)C2)c1-c1nnn[nH]1. The zero-order valence-corrected chi connectivity index (χ0v) is 15.8. The second-order valence-electron chi connectivity index (χ2n) is 7.52. The summed E-state index contributed by atoms with van der Waals surface area (Å²) < 4.78 is 65.5. The lowest BCUT2D eigenvalue weighted by atomic mass is 9.97. The number of nitrogens with zero attached hydrogens (tertiary/aromatic N) is 4. The number of alkyl halides is 3. The third-order valence-corrected chi connectivity index (χ3v) is 6.73. The van der Waals surface area contributed by atoms with Crippen LogP contribution in [0.4, 0.5) is 18.9 Å². The smallest absolute Gasteiger partial charge is 0.371 e. The molecule has 2 heterocycles. The van der Waals surface area contributed by atoms with Crippen LogP contribution in [0.25, 0.3) is 11.4 Å². The maximum absolute atomic E-state index is 13.6. The largest absolute Gasteiger partial charge is 0.417 e. The number of aromatic amines is 1. The van der Waals surface area contributed by atoms with Crippen molar-refractivity contribution in [3.63, 3.8) is 0 Å². The number of nitrogens with two attached hydrogens (primary N) is 1. The molecule has 0 amide bonds. The van der Waals surface area contributed by atoms with Crippen molar-refractivity contribution in [1.29, 1.82) is 0 Å². The van der Waals surface area contributed by atoms with Crippen LogP contribution in [0.3, 0.4) is 0 Å². The van der Waals surface area contributed by atoms with Crippen LogP contribution in [0.1, 0.15) is 24.8 Å². The van der Waals surface area contributed by atoms with Crippen LogP contribution in [-0.2, 0) is 16.0 Å². The van der Waals surface area contributed by atoms with Gasteiger partial charge >= 0.3 is 6.18 Å². The Bertz CT molecular complexity index is 1000. The van der Waals surface area contributed by atoms with Crippen molar-refractivity contribution in [3.8, 4) is 11.4 Å². The van der Waals surface area contributed by atoms with Gasteiger partial charge in [-0.25, -0.2) is 13.5 Å². The van der Waals surface area contributed by atoms with Crippen LogP contribution in [-0.4, -0.2) is 53.9 Å². The molecular weight excluding hydrogens is 397 g/mol. The van der Waals surface area contributed by atoms with Crippen molar-refractivity contribution in [2.24, 2.45) is 11.7 Å². The van der Waals surface area contributed by atoms with E-state index in [9.17, 15) is 21.6 Å². The van der Waals surface area contributed by atoms with Crippen molar-refractivity contribution in [3.05, 3.63) is 17.7 Å². The molecular formula is C16H19F3N6O2S. The van der Waals surface area contributed by atoms with E-state index in [-0.39, 0.29) is 22.8 Å². The molecule has 1 aliphatic heterocycles. The number of H-pyrrole nitrogens is 1. The highest BCUT2D eigenvalue weighted by Gasteiger charge is 2.48.